The highest BCUT2D eigenvalue weighted by Crippen LogP contribution is 2.28. The van der Waals surface area contributed by atoms with Gasteiger partial charge in [0.05, 0.1) is 11.7 Å². The Kier molecular flexibility index (Phi) is 3.74. The monoisotopic (exact) mass is 313 g/mol. The Hall–Kier alpha value is -1.31. The molecule has 2 aromatic rings. The van der Waals surface area contributed by atoms with Gasteiger partial charge in [-0.15, -0.1) is 5.10 Å². The molecule has 18 heavy (non-hydrogen) atoms. The first-order chi connectivity index (χ1) is 8.54. The number of halogens is 2. The minimum atomic E-state index is -0.380. The molecule has 96 valence electrons. The van der Waals surface area contributed by atoms with E-state index in [2.05, 4.69) is 31.7 Å². The van der Waals surface area contributed by atoms with Crippen LogP contribution in [0.4, 0.5) is 4.39 Å². The third-order valence-corrected chi connectivity index (χ3v) is 3.38. The first kappa shape index (κ1) is 13.1. The molecule has 5 nitrogen and oxygen atoms in total. The van der Waals surface area contributed by atoms with Crippen molar-refractivity contribution in [1.82, 2.24) is 20.4 Å². The lowest BCUT2D eigenvalue weighted by Gasteiger charge is -2.18. The lowest BCUT2D eigenvalue weighted by atomic mass is 9.99. The number of hydrazine groups is 1. The maximum Gasteiger partial charge on any atom is 0.153 e. The number of nitrogens with one attached hydrogen (secondary N) is 1. The average Bonchev–Trinajstić information content (AvgIpc) is 2.66. The first-order valence-electron chi connectivity index (χ1n) is 5.32. The van der Waals surface area contributed by atoms with E-state index in [1.807, 2.05) is 6.92 Å². The van der Waals surface area contributed by atoms with Gasteiger partial charge in [-0.05, 0) is 46.1 Å². The molecule has 1 aromatic heterocycles. The summed E-state index contributed by atoms with van der Waals surface area (Å²) in [5.74, 6) is 5.29. The van der Waals surface area contributed by atoms with Gasteiger partial charge >= 0.3 is 0 Å². The second kappa shape index (κ2) is 5.13. The number of nitrogens with two attached hydrogens (primary N) is 1. The van der Waals surface area contributed by atoms with E-state index in [1.54, 1.807) is 17.8 Å². The van der Waals surface area contributed by atoms with Crippen molar-refractivity contribution in [3.05, 3.63) is 45.4 Å². The van der Waals surface area contributed by atoms with Crippen molar-refractivity contribution >= 4 is 15.9 Å². The SMILES string of the molecule is Cc1ccc(F)cc1C(NN)c1c(Br)nnn1C. The van der Waals surface area contributed by atoms with Gasteiger partial charge in [-0.25, -0.2) is 14.5 Å². The molecule has 0 amide bonds. The Balaban J connectivity index is 2.55. The third-order valence-electron chi connectivity index (χ3n) is 2.82. The summed E-state index contributed by atoms with van der Waals surface area (Å²) in [5, 5.41) is 7.80. The van der Waals surface area contributed by atoms with Gasteiger partial charge in [0.15, 0.2) is 4.60 Å². The Morgan fingerprint density at radius 3 is 2.78 bits per heavy atom. The number of hydrogen-bond acceptors (Lipinski definition) is 4. The van der Waals surface area contributed by atoms with Crippen LogP contribution in [-0.4, -0.2) is 15.0 Å². The van der Waals surface area contributed by atoms with E-state index in [0.29, 0.717) is 4.60 Å². The maximum atomic E-state index is 13.4. The van der Waals surface area contributed by atoms with Crippen molar-refractivity contribution < 1.29 is 4.39 Å². The molecular weight excluding hydrogens is 301 g/mol. The molecule has 0 aliphatic heterocycles. The van der Waals surface area contributed by atoms with Crippen LogP contribution < -0.4 is 11.3 Å². The highest BCUT2D eigenvalue weighted by molar-refractivity contribution is 9.10. The minimum absolute atomic E-state index is 0.304. The molecule has 1 aromatic carbocycles. The fraction of sp³-hybridized carbons (Fsp3) is 0.273. The summed E-state index contributed by atoms with van der Waals surface area (Å²) in [7, 11) is 1.76. The molecule has 1 atom stereocenters. The van der Waals surface area contributed by atoms with Crippen LogP contribution in [0.1, 0.15) is 22.9 Å². The summed E-state index contributed by atoms with van der Waals surface area (Å²) >= 11 is 3.32. The zero-order valence-corrected chi connectivity index (χ0v) is 11.6. The first-order valence-corrected chi connectivity index (χ1v) is 6.11. The molecular formula is C11H13BrFN5. The molecule has 0 fully saturated rings. The van der Waals surface area contributed by atoms with E-state index in [-0.39, 0.29) is 11.9 Å². The topological polar surface area (TPSA) is 68.8 Å². The lowest BCUT2D eigenvalue weighted by Crippen LogP contribution is -2.31. The standard InChI is InChI=1S/C11H13BrFN5/c1-6-3-4-7(13)5-8(6)9(15-14)10-11(12)16-17-18(10)2/h3-5,9,15H,14H2,1-2H3. The molecule has 1 heterocycles. The Morgan fingerprint density at radius 2 is 2.22 bits per heavy atom. The van der Waals surface area contributed by atoms with Crippen molar-refractivity contribution in [3.63, 3.8) is 0 Å². The summed E-state index contributed by atoms with van der Waals surface area (Å²) in [6.45, 7) is 1.90. The van der Waals surface area contributed by atoms with Crippen molar-refractivity contribution in [1.29, 1.82) is 0 Å². The minimum Gasteiger partial charge on any atom is -0.271 e. The van der Waals surface area contributed by atoms with E-state index < -0.39 is 0 Å². The normalized spacial score (nSPS) is 12.7. The fourth-order valence-electron chi connectivity index (χ4n) is 1.88. The second-order valence-corrected chi connectivity index (χ2v) is 4.74. The fourth-order valence-corrected chi connectivity index (χ4v) is 2.44. The summed E-state index contributed by atoms with van der Waals surface area (Å²) in [4.78, 5) is 0. The van der Waals surface area contributed by atoms with E-state index in [0.717, 1.165) is 16.8 Å². The summed E-state index contributed by atoms with van der Waals surface area (Å²) in [6.07, 6.45) is 0. The number of aryl methyl sites for hydroxylation is 2. The van der Waals surface area contributed by atoms with Gasteiger partial charge < -0.3 is 0 Å². The van der Waals surface area contributed by atoms with Crippen LogP contribution in [0.25, 0.3) is 0 Å². The predicted octanol–water partition coefficient (Wildman–Crippen LogP) is 1.58. The molecule has 1 unspecified atom stereocenters. The number of aromatic nitrogens is 3. The van der Waals surface area contributed by atoms with Crippen LogP contribution in [0.5, 0.6) is 0 Å². The van der Waals surface area contributed by atoms with Crippen molar-refractivity contribution in [2.24, 2.45) is 12.9 Å². The van der Waals surface area contributed by atoms with E-state index >= 15 is 0 Å². The Labute approximate surface area is 112 Å². The van der Waals surface area contributed by atoms with Gasteiger partial charge in [-0.1, -0.05) is 11.3 Å². The molecule has 0 radical (unpaired) electrons. The Bertz CT molecular complexity index is 549. The van der Waals surface area contributed by atoms with E-state index in [1.165, 1.54) is 12.1 Å². The summed E-state index contributed by atoms with van der Waals surface area (Å²) in [5.41, 5.74) is 5.11. The van der Waals surface area contributed by atoms with Crippen LogP contribution in [0.2, 0.25) is 0 Å². The van der Waals surface area contributed by atoms with Gasteiger partial charge in [0, 0.05) is 7.05 Å². The highest BCUT2D eigenvalue weighted by atomic mass is 79.9. The Morgan fingerprint density at radius 1 is 1.50 bits per heavy atom. The highest BCUT2D eigenvalue weighted by Gasteiger charge is 2.22. The summed E-state index contributed by atoms with van der Waals surface area (Å²) < 4.78 is 15.5. The lowest BCUT2D eigenvalue weighted by molar-refractivity contribution is 0.559. The number of nitrogens with zero attached hydrogens (tertiary/aromatic N) is 3. The number of rotatable bonds is 3. The van der Waals surface area contributed by atoms with E-state index in [9.17, 15) is 4.39 Å². The van der Waals surface area contributed by atoms with Gasteiger partial charge in [0.25, 0.3) is 0 Å². The predicted molar refractivity (Wildman–Crippen MR) is 69.0 cm³/mol. The largest absolute Gasteiger partial charge is 0.271 e. The smallest absolute Gasteiger partial charge is 0.153 e. The van der Waals surface area contributed by atoms with Crippen molar-refractivity contribution in [3.8, 4) is 0 Å². The zero-order chi connectivity index (χ0) is 13.3. The van der Waals surface area contributed by atoms with Crippen LogP contribution in [0.15, 0.2) is 22.8 Å². The second-order valence-electron chi connectivity index (χ2n) is 3.99. The summed E-state index contributed by atoms with van der Waals surface area (Å²) in [6, 6.07) is 4.21. The molecule has 0 saturated heterocycles. The quantitative estimate of drug-likeness (QED) is 0.667. The molecule has 3 N–H and O–H groups in total. The van der Waals surface area contributed by atoms with Gasteiger partial charge in [0.1, 0.15) is 5.82 Å². The van der Waals surface area contributed by atoms with Gasteiger partial charge in [0.2, 0.25) is 0 Å². The van der Waals surface area contributed by atoms with E-state index in [4.69, 9.17) is 5.84 Å². The number of hydrogen-bond donors (Lipinski definition) is 2. The molecule has 2 rings (SSSR count). The molecule has 0 spiro atoms. The zero-order valence-electron chi connectivity index (χ0n) is 9.98. The van der Waals surface area contributed by atoms with Gasteiger partial charge in [-0.2, -0.15) is 0 Å². The number of benzene rings is 1. The molecule has 0 aliphatic rings. The molecule has 0 bridgehead atoms. The van der Waals surface area contributed by atoms with Crippen LogP contribution in [0, 0.1) is 12.7 Å². The average molecular weight is 314 g/mol. The molecule has 0 aliphatic carbocycles. The molecule has 7 heteroatoms. The van der Waals surface area contributed by atoms with Crippen LogP contribution >= 0.6 is 15.9 Å². The maximum absolute atomic E-state index is 13.4. The van der Waals surface area contributed by atoms with Crippen molar-refractivity contribution in [2.75, 3.05) is 0 Å². The van der Waals surface area contributed by atoms with Crippen LogP contribution in [0.3, 0.4) is 0 Å². The molecule has 0 saturated carbocycles. The van der Waals surface area contributed by atoms with Gasteiger partial charge in [-0.3, -0.25) is 5.84 Å². The van der Waals surface area contributed by atoms with Crippen molar-refractivity contribution in [2.45, 2.75) is 13.0 Å². The third kappa shape index (κ3) is 2.29. The van der Waals surface area contributed by atoms with Crippen LogP contribution in [-0.2, 0) is 7.05 Å².